The molecular weight excluding hydrogens is 383 g/mol. The SMILES string of the molecule is CCCCOc1oc2ccc(I)c(O)c2c(=O)c1CCC. The Morgan fingerprint density at radius 2 is 2.05 bits per heavy atom. The van der Waals surface area contributed by atoms with E-state index in [2.05, 4.69) is 6.92 Å². The number of benzene rings is 1. The van der Waals surface area contributed by atoms with Crippen LogP contribution in [0.5, 0.6) is 11.7 Å². The van der Waals surface area contributed by atoms with Gasteiger partial charge in [0.05, 0.1) is 15.7 Å². The van der Waals surface area contributed by atoms with E-state index in [1.54, 1.807) is 12.1 Å². The molecule has 2 rings (SSSR count). The lowest BCUT2D eigenvalue weighted by atomic mass is 10.1. The first-order valence-electron chi connectivity index (χ1n) is 7.20. The number of hydrogen-bond acceptors (Lipinski definition) is 4. The van der Waals surface area contributed by atoms with Gasteiger partial charge in [0.25, 0.3) is 5.95 Å². The number of ether oxygens (including phenoxy) is 1. The zero-order valence-corrected chi connectivity index (χ0v) is 14.4. The molecule has 0 atom stereocenters. The van der Waals surface area contributed by atoms with Gasteiger partial charge < -0.3 is 14.3 Å². The number of halogens is 1. The first-order valence-corrected chi connectivity index (χ1v) is 8.27. The van der Waals surface area contributed by atoms with E-state index in [4.69, 9.17) is 9.15 Å². The summed E-state index contributed by atoms with van der Waals surface area (Å²) in [5, 5.41) is 10.4. The normalized spacial score (nSPS) is 11.0. The van der Waals surface area contributed by atoms with Gasteiger partial charge in [-0.25, -0.2) is 0 Å². The minimum atomic E-state index is -0.194. The summed E-state index contributed by atoms with van der Waals surface area (Å²) >= 11 is 2.00. The Morgan fingerprint density at radius 1 is 1.29 bits per heavy atom. The van der Waals surface area contributed by atoms with Crippen molar-refractivity contribution < 1.29 is 14.3 Å². The molecule has 1 N–H and O–H groups in total. The number of unbranched alkanes of at least 4 members (excludes halogenated alkanes) is 1. The van der Waals surface area contributed by atoms with Gasteiger partial charge in [-0.15, -0.1) is 0 Å². The van der Waals surface area contributed by atoms with Gasteiger partial charge >= 0.3 is 0 Å². The summed E-state index contributed by atoms with van der Waals surface area (Å²) in [6.07, 6.45) is 3.31. The highest BCUT2D eigenvalue weighted by molar-refractivity contribution is 14.1. The largest absolute Gasteiger partial charge is 0.506 e. The molecule has 0 fully saturated rings. The van der Waals surface area contributed by atoms with Crippen molar-refractivity contribution in [3.63, 3.8) is 0 Å². The fourth-order valence-corrected chi connectivity index (χ4v) is 2.60. The molecule has 0 saturated heterocycles. The summed E-state index contributed by atoms with van der Waals surface area (Å²) < 4.78 is 12.0. The Labute approximate surface area is 137 Å². The molecule has 0 bridgehead atoms. The Morgan fingerprint density at radius 3 is 2.71 bits per heavy atom. The second-order valence-electron chi connectivity index (χ2n) is 4.92. The van der Waals surface area contributed by atoms with Gasteiger partial charge in [-0.1, -0.05) is 26.7 Å². The van der Waals surface area contributed by atoms with Crippen molar-refractivity contribution in [2.75, 3.05) is 6.61 Å². The van der Waals surface area contributed by atoms with Crippen molar-refractivity contribution in [1.82, 2.24) is 0 Å². The predicted molar refractivity (Wildman–Crippen MR) is 91.3 cm³/mol. The van der Waals surface area contributed by atoms with Crippen molar-refractivity contribution in [2.24, 2.45) is 0 Å². The lowest BCUT2D eigenvalue weighted by Gasteiger charge is -2.11. The van der Waals surface area contributed by atoms with E-state index in [-0.39, 0.29) is 16.6 Å². The van der Waals surface area contributed by atoms with Gasteiger partial charge in [-0.2, -0.15) is 0 Å². The molecule has 1 aromatic heterocycles. The van der Waals surface area contributed by atoms with E-state index in [0.29, 0.717) is 33.7 Å². The lowest BCUT2D eigenvalue weighted by Crippen LogP contribution is -2.13. The Balaban J connectivity index is 2.60. The topological polar surface area (TPSA) is 59.7 Å². The second-order valence-corrected chi connectivity index (χ2v) is 6.08. The monoisotopic (exact) mass is 402 g/mol. The third-order valence-electron chi connectivity index (χ3n) is 3.27. The van der Waals surface area contributed by atoms with Crippen LogP contribution in [0.3, 0.4) is 0 Å². The molecule has 0 unspecified atom stereocenters. The molecule has 5 heteroatoms. The summed E-state index contributed by atoms with van der Waals surface area (Å²) in [6.45, 7) is 4.60. The van der Waals surface area contributed by atoms with E-state index in [1.807, 2.05) is 29.5 Å². The molecule has 4 nitrogen and oxygen atoms in total. The fraction of sp³-hybridized carbons (Fsp3) is 0.438. The number of phenols is 1. The van der Waals surface area contributed by atoms with Crippen molar-refractivity contribution in [2.45, 2.75) is 39.5 Å². The van der Waals surface area contributed by atoms with Gasteiger partial charge in [0, 0.05) is 0 Å². The van der Waals surface area contributed by atoms with E-state index in [9.17, 15) is 9.90 Å². The van der Waals surface area contributed by atoms with Crippen LogP contribution in [0, 0.1) is 3.57 Å². The molecule has 0 radical (unpaired) electrons. The second kappa shape index (κ2) is 7.15. The van der Waals surface area contributed by atoms with Crippen LogP contribution < -0.4 is 10.2 Å². The minimum Gasteiger partial charge on any atom is -0.506 e. The fourth-order valence-electron chi connectivity index (χ4n) is 2.15. The van der Waals surface area contributed by atoms with Gasteiger partial charge in [0.1, 0.15) is 16.7 Å². The maximum absolute atomic E-state index is 12.6. The molecule has 0 aliphatic carbocycles. The lowest BCUT2D eigenvalue weighted by molar-refractivity contribution is 0.237. The van der Waals surface area contributed by atoms with Crippen LogP contribution in [0.1, 0.15) is 38.7 Å². The summed E-state index contributed by atoms with van der Waals surface area (Å²) in [7, 11) is 0. The van der Waals surface area contributed by atoms with Gasteiger partial charge in [0.15, 0.2) is 0 Å². The van der Waals surface area contributed by atoms with E-state index in [0.717, 1.165) is 19.3 Å². The summed E-state index contributed by atoms with van der Waals surface area (Å²) in [6, 6.07) is 3.41. The first-order chi connectivity index (χ1) is 10.1. The van der Waals surface area contributed by atoms with Gasteiger partial charge in [-0.3, -0.25) is 4.79 Å². The average molecular weight is 402 g/mol. The molecule has 0 aliphatic heterocycles. The predicted octanol–water partition coefficient (Wildman–Crippen LogP) is 4.23. The van der Waals surface area contributed by atoms with Crippen LogP contribution in [0.2, 0.25) is 0 Å². The molecule has 0 spiro atoms. The van der Waals surface area contributed by atoms with E-state index >= 15 is 0 Å². The zero-order chi connectivity index (χ0) is 15.4. The van der Waals surface area contributed by atoms with Crippen LogP contribution in [0.15, 0.2) is 21.3 Å². The zero-order valence-electron chi connectivity index (χ0n) is 12.2. The molecule has 114 valence electrons. The minimum absolute atomic E-state index is 0.0145. The summed E-state index contributed by atoms with van der Waals surface area (Å²) in [4.78, 5) is 12.6. The average Bonchev–Trinajstić information content (AvgIpc) is 2.47. The quantitative estimate of drug-likeness (QED) is 0.580. The maximum atomic E-state index is 12.6. The van der Waals surface area contributed by atoms with Crippen LogP contribution in [-0.2, 0) is 6.42 Å². The molecule has 0 amide bonds. The maximum Gasteiger partial charge on any atom is 0.292 e. The van der Waals surface area contributed by atoms with E-state index in [1.165, 1.54) is 0 Å². The van der Waals surface area contributed by atoms with Crippen LogP contribution in [-0.4, -0.2) is 11.7 Å². The van der Waals surface area contributed by atoms with Crippen LogP contribution in [0.4, 0.5) is 0 Å². The number of phenolic OH excluding ortho intramolecular Hbond substituents is 1. The number of hydrogen-bond donors (Lipinski definition) is 1. The smallest absolute Gasteiger partial charge is 0.292 e. The standard InChI is InChI=1S/C16H19IO4/c1-3-5-9-20-16-10(6-4-2)14(18)13-12(21-16)8-7-11(17)15(13)19/h7-8,19H,3-6,9H2,1-2H3. The number of rotatable bonds is 6. The Hall–Kier alpha value is -1.24. The van der Waals surface area contributed by atoms with Crippen LogP contribution >= 0.6 is 22.6 Å². The summed E-state index contributed by atoms with van der Waals surface area (Å²) in [5.41, 5.74) is 0.684. The molecule has 2 aromatic rings. The molecule has 0 saturated carbocycles. The highest BCUT2D eigenvalue weighted by Gasteiger charge is 2.18. The molecular formula is C16H19IO4. The third-order valence-corrected chi connectivity index (χ3v) is 4.14. The van der Waals surface area contributed by atoms with Crippen molar-refractivity contribution in [1.29, 1.82) is 0 Å². The molecule has 1 heterocycles. The van der Waals surface area contributed by atoms with Crippen molar-refractivity contribution in [3.05, 3.63) is 31.5 Å². The Kier molecular flexibility index (Phi) is 5.50. The van der Waals surface area contributed by atoms with Crippen molar-refractivity contribution in [3.8, 4) is 11.7 Å². The molecule has 0 aliphatic rings. The highest BCUT2D eigenvalue weighted by Crippen LogP contribution is 2.31. The first kappa shape index (κ1) is 16.1. The van der Waals surface area contributed by atoms with Crippen molar-refractivity contribution >= 4 is 33.6 Å². The Bertz CT molecular complexity index is 691. The highest BCUT2D eigenvalue weighted by atomic mass is 127. The molecule has 21 heavy (non-hydrogen) atoms. The van der Waals surface area contributed by atoms with Crippen LogP contribution in [0.25, 0.3) is 11.0 Å². The van der Waals surface area contributed by atoms with Gasteiger partial charge in [-0.05, 0) is 47.6 Å². The number of aromatic hydroxyl groups is 1. The third kappa shape index (κ3) is 3.33. The summed E-state index contributed by atoms with van der Waals surface area (Å²) in [5.74, 6) is 0.280. The van der Waals surface area contributed by atoms with Gasteiger partial charge in [0.2, 0.25) is 5.43 Å². The molecule has 1 aromatic carbocycles. The number of fused-ring (bicyclic) bond motifs is 1. The van der Waals surface area contributed by atoms with E-state index < -0.39 is 0 Å².